The molecule has 4 N–H and O–H groups in total. The lowest BCUT2D eigenvalue weighted by molar-refractivity contribution is 0.280. The zero-order valence-corrected chi connectivity index (χ0v) is 25.4. The maximum Gasteiger partial charge on any atom is 0.206 e. The van der Waals surface area contributed by atoms with Crippen LogP contribution in [-0.4, -0.2) is 81.5 Å². The Hall–Kier alpha value is -4.53. The van der Waals surface area contributed by atoms with E-state index < -0.39 is 9.84 Å². The number of azo groups is 2. The molecular formula is C32H36N6O6S. The maximum absolute atomic E-state index is 13.2. The summed E-state index contributed by atoms with van der Waals surface area (Å²) in [5.41, 5.74) is 3.85. The standard InChI is InChI=1S/C32H36N6O6S/c39-21-17-37(18-22-40)29-9-1-25(2-10-29)33-35-27-5-13-31(14-6-27)45(43,44)32-15-7-28(8-16-32)36-34-26-3-11-30(12-4-26)38(19-23-41)20-24-42/h1-16,39-42H,17-24H2/b35-33-,36-34-. The molecule has 236 valence electrons. The van der Waals surface area contributed by atoms with Gasteiger partial charge in [0.15, 0.2) is 0 Å². The Labute approximate surface area is 262 Å². The van der Waals surface area contributed by atoms with Crippen LogP contribution < -0.4 is 9.80 Å². The molecule has 0 aliphatic carbocycles. The van der Waals surface area contributed by atoms with E-state index in [0.717, 1.165) is 11.4 Å². The van der Waals surface area contributed by atoms with Crippen molar-refractivity contribution in [1.82, 2.24) is 0 Å². The largest absolute Gasteiger partial charge is 0.395 e. The van der Waals surface area contributed by atoms with Gasteiger partial charge < -0.3 is 30.2 Å². The summed E-state index contributed by atoms with van der Waals surface area (Å²) in [5, 5.41) is 53.7. The Balaban J connectivity index is 1.38. The Morgan fingerprint density at radius 2 is 0.667 bits per heavy atom. The van der Waals surface area contributed by atoms with Gasteiger partial charge in [0.2, 0.25) is 9.84 Å². The van der Waals surface area contributed by atoms with Crippen LogP contribution >= 0.6 is 0 Å². The van der Waals surface area contributed by atoms with Gasteiger partial charge >= 0.3 is 0 Å². The van der Waals surface area contributed by atoms with Gasteiger partial charge in [-0.15, -0.1) is 0 Å². The topological polar surface area (TPSA) is 171 Å². The first-order valence-corrected chi connectivity index (χ1v) is 15.8. The predicted molar refractivity (Wildman–Crippen MR) is 172 cm³/mol. The summed E-state index contributed by atoms with van der Waals surface area (Å²) in [7, 11) is -3.78. The van der Waals surface area contributed by atoms with Crippen LogP contribution in [0.3, 0.4) is 0 Å². The van der Waals surface area contributed by atoms with E-state index in [0.29, 0.717) is 48.9 Å². The molecule has 12 nitrogen and oxygen atoms in total. The van der Waals surface area contributed by atoms with Crippen molar-refractivity contribution in [3.63, 3.8) is 0 Å². The average molecular weight is 633 g/mol. The van der Waals surface area contributed by atoms with Gasteiger partial charge in [0.05, 0.1) is 59.0 Å². The van der Waals surface area contributed by atoms with Crippen molar-refractivity contribution in [3.8, 4) is 0 Å². The Bertz CT molecular complexity index is 1520. The second kappa shape index (κ2) is 16.5. The first-order chi connectivity index (χ1) is 21.9. The van der Waals surface area contributed by atoms with Crippen LogP contribution in [0.1, 0.15) is 0 Å². The number of aliphatic hydroxyl groups excluding tert-OH is 4. The Morgan fingerprint density at radius 1 is 0.422 bits per heavy atom. The molecule has 4 rings (SSSR count). The van der Waals surface area contributed by atoms with Crippen LogP contribution in [0, 0.1) is 0 Å². The SMILES string of the molecule is O=S(=O)(c1ccc(/N=N\c2ccc(N(CCO)CCO)cc2)cc1)c1ccc(/N=N\c2ccc(N(CCO)CCO)cc2)cc1. The van der Waals surface area contributed by atoms with Crippen molar-refractivity contribution >= 4 is 44.0 Å². The van der Waals surface area contributed by atoms with Gasteiger partial charge in [0, 0.05) is 37.6 Å². The van der Waals surface area contributed by atoms with Crippen molar-refractivity contribution in [3.05, 3.63) is 97.1 Å². The summed E-state index contributed by atoms with van der Waals surface area (Å²) in [6.45, 7) is 1.51. The molecule has 0 amide bonds. The monoisotopic (exact) mass is 632 g/mol. The first kappa shape index (κ1) is 33.4. The van der Waals surface area contributed by atoms with E-state index in [1.54, 1.807) is 48.5 Å². The second-order valence-electron chi connectivity index (χ2n) is 9.79. The van der Waals surface area contributed by atoms with Crippen molar-refractivity contribution in [2.75, 3.05) is 62.4 Å². The fourth-order valence-corrected chi connectivity index (χ4v) is 5.69. The molecule has 0 aliphatic rings. The molecule has 0 saturated carbocycles. The number of hydrogen-bond donors (Lipinski definition) is 4. The fraction of sp³-hybridized carbons (Fsp3) is 0.250. The number of benzene rings is 4. The Kier molecular flexibility index (Phi) is 12.2. The maximum atomic E-state index is 13.2. The van der Waals surface area contributed by atoms with Gasteiger partial charge in [0.25, 0.3) is 0 Å². The highest BCUT2D eigenvalue weighted by molar-refractivity contribution is 7.91. The third-order valence-corrected chi connectivity index (χ3v) is 8.55. The van der Waals surface area contributed by atoms with Crippen molar-refractivity contribution < 1.29 is 28.8 Å². The summed E-state index contributed by atoms with van der Waals surface area (Å²) in [6.07, 6.45) is 0. The highest BCUT2D eigenvalue weighted by Gasteiger charge is 2.17. The minimum atomic E-state index is -3.78. The van der Waals surface area contributed by atoms with Crippen LogP contribution in [0.2, 0.25) is 0 Å². The fourth-order valence-electron chi connectivity index (χ4n) is 4.43. The molecule has 0 unspecified atom stereocenters. The van der Waals surface area contributed by atoms with E-state index in [-0.39, 0.29) is 36.2 Å². The van der Waals surface area contributed by atoms with Crippen molar-refractivity contribution in [2.45, 2.75) is 9.79 Å². The third kappa shape index (κ3) is 9.23. The van der Waals surface area contributed by atoms with Crippen molar-refractivity contribution in [2.24, 2.45) is 20.5 Å². The lowest BCUT2D eigenvalue weighted by Gasteiger charge is -2.22. The lowest BCUT2D eigenvalue weighted by atomic mass is 10.2. The zero-order chi connectivity index (χ0) is 32.1. The van der Waals surface area contributed by atoms with Crippen LogP contribution in [0.4, 0.5) is 34.1 Å². The number of hydrogen-bond acceptors (Lipinski definition) is 12. The molecule has 0 atom stereocenters. The van der Waals surface area contributed by atoms with E-state index in [2.05, 4.69) is 20.5 Å². The van der Waals surface area contributed by atoms with E-state index in [9.17, 15) is 28.8 Å². The summed E-state index contributed by atoms with van der Waals surface area (Å²) in [6, 6.07) is 26.6. The molecule has 0 heterocycles. The highest BCUT2D eigenvalue weighted by Crippen LogP contribution is 2.28. The molecule has 4 aromatic rings. The first-order valence-electron chi connectivity index (χ1n) is 14.3. The number of aliphatic hydroxyl groups is 4. The minimum Gasteiger partial charge on any atom is -0.395 e. The molecule has 0 saturated heterocycles. The van der Waals surface area contributed by atoms with Crippen LogP contribution in [0.5, 0.6) is 0 Å². The average Bonchev–Trinajstić information content (AvgIpc) is 3.07. The predicted octanol–water partition coefficient (Wildman–Crippen LogP) is 4.93. The number of nitrogens with zero attached hydrogens (tertiary/aromatic N) is 6. The quantitative estimate of drug-likeness (QED) is 0.126. The van der Waals surface area contributed by atoms with Gasteiger partial charge in [-0.2, -0.15) is 20.5 Å². The molecular weight excluding hydrogens is 596 g/mol. The molecule has 0 radical (unpaired) electrons. The van der Waals surface area contributed by atoms with Gasteiger partial charge in [-0.25, -0.2) is 8.42 Å². The third-order valence-electron chi connectivity index (χ3n) is 6.77. The van der Waals surface area contributed by atoms with Gasteiger partial charge in [-0.1, -0.05) is 0 Å². The van der Waals surface area contributed by atoms with Crippen molar-refractivity contribution in [1.29, 1.82) is 0 Å². The summed E-state index contributed by atoms with van der Waals surface area (Å²) >= 11 is 0. The molecule has 45 heavy (non-hydrogen) atoms. The van der Waals surface area contributed by atoms with Gasteiger partial charge in [0.1, 0.15) is 0 Å². The number of rotatable bonds is 16. The Morgan fingerprint density at radius 3 is 0.911 bits per heavy atom. The smallest absolute Gasteiger partial charge is 0.206 e. The summed E-state index contributed by atoms with van der Waals surface area (Å²) in [5.74, 6) is 0. The summed E-state index contributed by atoms with van der Waals surface area (Å²) < 4.78 is 26.4. The minimum absolute atomic E-state index is 0.0263. The van der Waals surface area contributed by atoms with Crippen LogP contribution in [0.15, 0.2) is 127 Å². The normalized spacial score (nSPS) is 11.8. The highest BCUT2D eigenvalue weighted by atomic mass is 32.2. The van der Waals surface area contributed by atoms with E-state index >= 15 is 0 Å². The van der Waals surface area contributed by atoms with Crippen LogP contribution in [0.25, 0.3) is 0 Å². The van der Waals surface area contributed by atoms with Gasteiger partial charge in [-0.05, 0) is 97.1 Å². The zero-order valence-electron chi connectivity index (χ0n) is 24.6. The summed E-state index contributed by atoms with van der Waals surface area (Å²) in [4.78, 5) is 3.94. The van der Waals surface area contributed by atoms with Gasteiger partial charge in [-0.3, -0.25) is 0 Å². The number of sulfone groups is 1. The molecule has 4 aromatic carbocycles. The number of anilines is 2. The van der Waals surface area contributed by atoms with E-state index in [1.807, 2.05) is 34.1 Å². The second-order valence-corrected chi connectivity index (χ2v) is 11.7. The van der Waals surface area contributed by atoms with Crippen LogP contribution in [-0.2, 0) is 9.84 Å². The molecule has 0 bridgehead atoms. The lowest BCUT2D eigenvalue weighted by Crippen LogP contribution is -2.29. The molecule has 0 aliphatic heterocycles. The van der Waals surface area contributed by atoms with E-state index in [4.69, 9.17) is 0 Å². The molecule has 0 fully saturated rings. The molecule has 0 aromatic heterocycles. The molecule has 0 spiro atoms. The van der Waals surface area contributed by atoms with E-state index in [1.165, 1.54) is 24.3 Å². The molecule has 13 heteroatoms.